The van der Waals surface area contributed by atoms with Gasteiger partial charge in [-0.05, 0) is 49.6 Å². The van der Waals surface area contributed by atoms with E-state index < -0.39 is 10.0 Å². The number of morpholine rings is 1. The van der Waals surface area contributed by atoms with E-state index in [1.54, 1.807) is 23.1 Å². The monoisotopic (exact) mass is 414 g/mol. The molecule has 2 heterocycles. The van der Waals surface area contributed by atoms with Crippen LogP contribution in [0.5, 0.6) is 0 Å². The molecule has 1 saturated heterocycles. The predicted molar refractivity (Wildman–Crippen MR) is 110 cm³/mol. The number of benzene rings is 2. The lowest BCUT2D eigenvalue weighted by atomic mass is 9.99. The summed E-state index contributed by atoms with van der Waals surface area (Å²) in [6, 6.07) is 14.5. The smallest absolute Gasteiger partial charge is 0.254 e. The van der Waals surface area contributed by atoms with Crippen molar-refractivity contribution in [2.75, 3.05) is 19.6 Å². The van der Waals surface area contributed by atoms with Crippen molar-refractivity contribution in [1.82, 2.24) is 9.21 Å². The van der Waals surface area contributed by atoms with Crippen molar-refractivity contribution in [3.63, 3.8) is 0 Å². The SMILES string of the molecule is CC1CN(S(=O)(=O)c2cccc(C(=O)N3CCc4ccccc4C3)c2)CC(C)O1. The van der Waals surface area contributed by atoms with Gasteiger partial charge in [0.15, 0.2) is 0 Å². The zero-order valence-corrected chi connectivity index (χ0v) is 17.6. The van der Waals surface area contributed by atoms with Gasteiger partial charge in [-0.25, -0.2) is 8.42 Å². The molecule has 2 aliphatic heterocycles. The maximum atomic E-state index is 13.1. The zero-order chi connectivity index (χ0) is 20.6. The van der Waals surface area contributed by atoms with Gasteiger partial charge in [0.1, 0.15) is 0 Å². The molecular weight excluding hydrogens is 388 g/mol. The van der Waals surface area contributed by atoms with E-state index in [9.17, 15) is 13.2 Å². The number of amides is 1. The first-order valence-corrected chi connectivity index (χ1v) is 11.4. The molecule has 1 amide bonds. The van der Waals surface area contributed by atoms with Crippen LogP contribution >= 0.6 is 0 Å². The second-order valence-corrected chi connectivity index (χ2v) is 9.79. The summed E-state index contributed by atoms with van der Waals surface area (Å²) in [4.78, 5) is 15.0. The summed E-state index contributed by atoms with van der Waals surface area (Å²) in [5, 5.41) is 0. The Morgan fingerprint density at radius 2 is 1.69 bits per heavy atom. The third-order valence-electron chi connectivity index (χ3n) is 5.52. The minimum Gasteiger partial charge on any atom is -0.373 e. The van der Waals surface area contributed by atoms with Crippen LogP contribution < -0.4 is 0 Å². The van der Waals surface area contributed by atoms with Gasteiger partial charge in [-0.1, -0.05) is 30.3 Å². The number of hydrogen-bond donors (Lipinski definition) is 0. The number of carbonyl (C=O) groups is 1. The molecule has 4 rings (SSSR count). The van der Waals surface area contributed by atoms with E-state index in [1.807, 2.05) is 32.0 Å². The van der Waals surface area contributed by atoms with E-state index in [-0.39, 0.29) is 23.0 Å². The molecule has 7 heteroatoms. The van der Waals surface area contributed by atoms with Crippen molar-refractivity contribution in [3.05, 3.63) is 65.2 Å². The lowest BCUT2D eigenvalue weighted by Gasteiger charge is -2.34. The van der Waals surface area contributed by atoms with Gasteiger partial charge in [-0.3, -0.25) is 4.79 Å². The van der Waals surface area contributed by atoms with Crippen molar-refractivity contribution in [2.24, 2.45) is 0 Å². The Morgan fingerprint density at radius 3 is 2.41 bits per heavy atom. The number of ether oxygens (including phenoxy) is 1. The molecule has 2 aromatic rings. The lowest BCUT2D eigenvalue weighted by molar-refractivity contribution is -0.0440. The molecule has 2 atom stereocenters. The molecule has 0 spiro atoms. The molecule has 6 nitrogen and oxygen atoms in total. The highest BCUT2D eigenvalue weighted by molar-refractivity contribution is 7.89. The molecule has 1 fully saturated rings. The van der Waals surface area contributed by atoms with E-state index in [0.717, 1.165) is 12.0 Å². The lowest BCUT2D eigenvalue weighted by Crippen LogP contribution is -2.48. The molecule has 29 heavy (non-hydrogen) atoms. The Balaban J connectivity index is 1.56. The van der Waals surface area contributed by atoms with Crippen LogP contribution in [0.4, 0.5) is 0 Å². The van der Waals surface area contributed by atoms with Crippen molar-refractivity contribution in [3.8, 4) is 0 Å². The van der Waals surface area contributed by atoms with Crippen LogP contribution in [0.25, 0.3) is 0 Å². The average Bonchev–Trinajstić information content (AvgIpc) is 2.72. The summed E-state index contributed by atoms with van der Waals surface area (Å²) >= 11 is 0. The molecule has 2 unspecified atom stereocenters. The van der Waals surface area contributed by atoms with Gasteiger partial charge in [-0.2, -0.15) is 4.31 Å². The van der Waals surface area contributed by atoms with Crippen molar-refractivity contribution in [1.29, 1.82) is 0 Å². The zero-order valence-electron chi connectivity index (χ0n) is 16.7. The second-order valence-electron chi connectivity index (χ2n) is 7.85. The standard InChI is InChI=1S/C22H26N2O4S/c1-16-13-24(14-17(2)28-16)29(26,27)21-9-5-8-19(12-21)22(25)23-11-10-18-6-3-4-7-20(18)15-23/h3-9,12,16-17H,10-11,13-15H2,1-2H3. The predicted octanol–water partition coefficient (Wildman–Crippen LogP) is 2.68. The van der Waals surface area contributed by atoms with Crippen LogP contribution in [-0.2, 0) is 27.7 Å². The highest BCUT2D eigenvalue weighted by Gasteiger charge is 2.33. The first-order valence-electron chi connectivity index (χ1n) is 9.96. The maximum Gasteiger partial charge on any atom is 0.254 e. The number of fused-ring (bicyclic) bond motifs is 1. The largest absolute Gasteiger partial charge is 0.373 e. The Labute approximate surface area is 172 Å². The van der Waals surface area contributed by atoms with Crippen molar-refractivity contribution < 1.29 is 17.9 Å². The van der Waals surface area contributed by atoms with E-state index in [1.165, 1.54) is 15.9 Å². The van der Waals surface area contributed by atoms with Gasteiger partial charge in [-0.15, -0.1) is 0 Å². The summed E-state index contributed by atoms with van der Waals surface area (Å²) in [6.07, 6.45) is 0.488. The first kappa shape index (κ1) is 20.1. The van der Waals surface area contributed by atoms with E-state index in [0.29, 0.717) is 31.7 Å². The Kier molecular flexibility index (Phi) is 5.46. The Hall–Kier alpha value is -2.22. The first-order chi connectivity index (χ1) is 13.8. The Bertz CT molecular complexity index is 1010. The van der Waals surface area contributed by atoms with Gasteiger partial charge >= 0.3 is 0 Å². The number of nitrogens with zero attached hydrogens (tertiary/aromatic N) is 2. The molecule has 0 saturated carbocycles. The average molecular weight is 415 g/mol. The Morgan fingerprint density at radius 1 is 1.00 bits per heavy atom. The molecule has 2 aliphatic rings. The summed E-state index contributed by atoms with van der Waals surface area (Å²) < 4.78 is 33.4. The van der Waals surface area contributed by atoms with Gasteiger partial charge < -0.3 is 9.64 Å². The van der Waals surface area contributed by atoms with Crippen LogP contribution in [0.15, 0.2) is 53.4 Å². The molecule has 154 valence electrons. The quantitative estimate of drug-likeness (QED) is 0.775. The molecule has 0 aromatic heterocycles. The van der Waals surface area contributed by atoms with Gasteiger partial charge in [0.2, 0.25) is 10.0 Å². The van der Waals surface area contributed by atoms with Gasteiger partial charge in [0, 0.05) is 31.7 Å². The third-order valence-corrected chi connectivity index (χ3v) is 7.35. The normalized spacial score (nSPS) is 22.9. The highest BCUT2D eigenvalue weighted by atomic mass is 32.2. The van der Waals surface area contributed by atoms with E-state index >= 15 is 0 Å². The fraction of sp³-hybridized carbons (Fsp3) is 0.409. The molecule has 0 aliphatic carbocycles. The van der Waals surface area contributed by atoms with Gasteiger partial charge in [0.05, 0.1) is 17.1 Å². The number of carbonyl (C=O) groups excluding carboxylic acids is 1. The number of sulfonamides is 1. The molecular formula is C22H26N2O4S. The number of hydrogen-bond acceptors (Lipinski definition) is 4. The topological polar surface area (TPSA) is 66.9 Å². The second kappa shape index (κ2) is 7.89. The fourth-order valence-electron chi connectivity index (χ4n) is 4.12. The maximum absolute atomic E-state index is 13.1. The third kappa shape index (κ3) is 4.08. The molecule has 0 N–H and O–H groups in total. The summed E-state index contributed by atoms with van der Waals surface area (Å²) in [5.74, 6) is -0.139. The van der Waals surface area contributed by atoms with Crippen LogP contribution in [0, 0.1) is 0 Å². The summed E-state index contributed by atoms with van der Waals surface area (Å²) in [5.41, 5.74) is 2.82. The highest BCUT2D eigenvalue weighted by Crippen LogP contribution is 2.24. The number of rotatable bonds is 3. The molecule has 0 bridgehead atoms. The van der Waals surface area contributed by atoms with Crippen molar-refractivity contribution in [2.45, 2.75) is 43.9 Å². The van der Waals surface area contributed by atoms with Crippen molar-refractivity contribution >= 4 is 15.9 Å². The fourth-order valence-corrected chi connectivity index (χ4v) is 5.75. The minimum atomic E-state index is -3.68. The van der Waals surface area contributed by atoms with Crippen LogP contribution in [0.2, 0.25) is 0 Å². The molecule has 2 aromatic carbocycles. The molecule has 0 radical (unpaired) electrons. The van der Waals surface area contributed by atoms with E-state index in [2.05, 4.69) is 6.07 Å². The van der Waals surface area contributed by atoms with E-state index in [4.69, 9.17) is 4.74 Å². The summed E-state index contributed by atoms with van der Waals surface area (Å²) in [7, 11) is -3.68. The van der Waals surface area contributed by atoms with Crippen LogP contribution in [0.3, 0.4) is 0 Å². The summed E-state index contributed by atoms with van der Waals surface area (Å²) in [6.45, 7) is 5.54. The van der Waals surface area contributed by atoms with Crippen LogP contribution in [-0.4, -0.2) is 55.4 Å². The van der Waals surface area contributed by atoms with Gasteiger partial charge in [0.25, 0.3) is 5.91 Å². The minimum absolute atomic E-state index is 0.139. The van der Waals surface area contributed by atoms with Crippen LogP contribution in [0.1, 0.15) is 35.3 Å².